The van der Waals surface area contributed by atoms with E-state index in [9.17, 15) is 4.79 Å². The number of Topliss-reactive ketones (excluding diaryl/α,β-unsaturated/α-hetero) is 1. The number of methoxy groups -OCH3 is 1. The predicted molar refractivity (Wildman–Crippen MR) is 93.4 cm³/mol. The molecule has 6 heteroatoms. The zero-order chi connectivity index (χ0) is 16.1. The molecule has 0 spiro atoms. The van der Waals surface area contributed by atoms with E-state index in [4.69, 9.17) is 4.74 Å². The van der Waals surface area contributed by atoms with Crippen molar-refractivity contribution in [2.45, 2.75) is 4.34 Å². The van der Waals surface area contributed by atoms with E-state index in [2.05, 4.69) is 9.36 Å². The topological polar surface area (TPSA) is 52.1 Å². The number of ether oxygens (including phenoxy) is 1. The summed E-state index contributed by atoms with van der Waals surface area (Å²) in [5.41, 5.74) is 1.66. The molecule has 0 saturated carbocycles. The van der Waals surface area contributed by atoms with Gasteiger partial charge in [0.1, 0.15) is 5.75 Å². The van der Waals surface area contributed by atoms with Crippen molar-refractivity contribution in [1.82, 2.24) is 9.36 Å². The Labute approximate surface area is 142 Å². The van der Waals surface area contributed by atoms with Crippen LogP contribution in [0.3, 0.4) is 0 Å². The fourth-order valence-corrected chi connectivity index (χ4v) is 3.47. The van der Waals surface area contributed by atoms with Crippen LogP contribution >= 0.6 is 23.3 Å². The molecule has 0 atom stereocenters. The van der Waals surface area contributed by atoms with Crippen LogP contribution in [0.1, 0.15) is 10.4 Å². The molecule has 0 N–H and O–H groups in total. The van der Waals surface area contributed by atoms with Crippen LogP contribution in [0.25, 0.3) is 11.4 Å². The molecule has 3 aromatic rings. The van der Waals surface area contributed by atoms with E-state index in [-0.39, 0.29) is 5.78 Å². The lowest BCUT2D eigenvalue weighted by atomic mass is 10.1. The van der Waals surface area contributed by atoms with Crippen molar-refractivity contribution in [3.63, 3.8) is 0 Å². The van der Waals surface area contributed by atoms with E-state index in [1.807, 2.05) is 30.3 Å². The molecule has 0 saturated heterocycles. The summed E-state index contributed by atoms with van der Waals surface area (Å²) in [6.45, 7) is 0. The minimum atomic E-state index is 0.0640. The highest BCUT2D eigenvalue weighted by Crippen LogP contribution is 2.25. The molecule has 0 aliphatic heterocycles. The van der Waals surface area contributed by atoms with Crippen LogP contribution in [-0.4, -0.2) is 28.0 Å². The number of carbonyl (C=O) groups is 1. The average Bonchev–Trinajstić information content (AvgIpc) is 3.09. The number of rotatable bonds is 6. The van der Waals surface area contributed by atoms with Gasteiger partial charge in [-0.15, -0.1) is 0 Å². The van der Waals surface area contributed by atoms with Gasteiger partial charge in [0.15, 0.2) is 15.9 Å². The van der Waals surface area contributed by atoms with Crippen LogP contribution in [0.2, 0.25) is 0 Å². The standard InChI is InChI=1S/C17H14N2O2S2/c1-21-14-9-7-12(8-10-14)15(20)11-22-17-18-16(19-23-17)13-5-3-2-4-6-13/h2-10H,11H2,1H3. The first-order chi connectivity index (χ1) is 11.3. The molecule has 0 aliphatic rings. The van der Waals surface area contributed by atoms with E-state index in [0.717, 1.165) is 15.7 Å². The highest BCUT2D eigenvalue weighted by atomic mass is 32.2. The second-order valence-corrected chi connectivity index (χ2v) is 6.66. The maximum absolute atomic E-state index is 12.2. The molecular formula is C17H14N2O2S2. The van der Waals surface area contributed by atoms with Gasteiger partial charge in [-0.05, 0) is 35.8 Å². The maximum atomic E-state index is 12.2. The Morgan fingerprint density at radius 2 is 1.87 bits per heavy atom. The summed E-state index contributed by atoms with van der Waals surface area (Å²) in [5.74, 6) is 1.85. The van der Waals surface area contributed by atoms with Crippen molar-refractivity contribution >= 4 is 29.1 Å². The Bertz CT molecular complexity index is 786. The van der Waals surface area contributed by atoms with Gasteiger partial charge in [-0.3, -0.25) is 4.79 Å². The van der Waals surface area contributed by atoms with Crippen molar-refractivity contribution in [2.75, 3.05) is 12.9 Å². The van der Waals surface area contributed by atoms with Gasteiger partial charge < -0.3 is 4.74 Å². The Hall–Kier alpha value is -2.18. The number of aromatic nitrogens is 2. The molecule has 0 bridgehead atoms. The van der Waals surface area contributed by atoms with Gasteiger partial charge in [0.2, 0.25) is 0 Å². The average molecular weight is 342 g/mol. The molecule has 116 valence electrons. The van der Waals surface area contributed by atoms with Crippen molar-refractivity contribution in [1.29, 1.82) is 0 Å². The summed E-state index contributed by atoms with van der Waals surface area (Å²) in [6, 6.07) is 16.9. The van der Waals surface area contributed by atoms with E-state index < -0.39 is 0 Å². The molecule has 3 rings (SSSR count). The maximum Gasteiger partial charge on any atom is 0.174 e. The molecule has 0 aliphatic carbocycles. The normalized spacial score (nSPS) is 10.5. The first kappa shape index (κ1) is 15.7. The Balaban J connectivity index is 1.62. The Kier molecular flexibility index (Phi) is 5.05. The molecule has 0 amide bonds. The number of hydrogen-bond acceptors (Lipinski definition) is 6. The summed E-state index contributed by atoms with van der Waals surface area (Å²) >= 11 is 2.73. The molecule has 23 heavy (non-hydrogen) atoms. The summed E-state index contributed by atoms with van der Waals surface area (Å²) in [7, 11) is 1.60. The molecule has 4 nitrogen and oxygen atoms in total. The number of ketones is 1. The Morgan fingerprint density at radius 3 is 2.57 bits per heavy atom. The largest absolute Gasteiger partial charge is 0.497 e. The lowest BCUT2D eigenvalue weighted by Crippen LogP contribution is -2.02. The number of nitrogens with zero attached hydrogens (tertiary/aromatic N) is 2. The van der Waals surface area contributed by atoms with E-state index >= 15 is 0 Å². The third-order valence-corrected chi connectivity index (χ3v) is 5.01. The second kappa shape index (κ2) is 7.39. The third-order valence-electron chi connectivity index (χ3n) is 3.18. The molecule has 0 radical (unpaired) electrons. The summed E-state index contributed by atoms with van der Waals surface area (Å²) in [4.78, 5) is 16.7. The number of hydrogen-bond donors (Lipinski definition) is 0. The lowest BCUT2D eigenvalue weighted by Gasteiger charge is -2.01. The quantitative estimate of drug-likeness (QED) is 0.497. The van der Waals surface area contributed by atoms with Crippen LogP contribution in [0.15, 0.2) is 58.9 Å². The summed E-state index contributed by atoms with van der Waals surface area (Å²) in [5, 5.41) is 0. The zero-order valence-electron chi connectivity index (χ0n) is 12.4. The highest BCUT2D eigenvalue weighted by Gasteiger charge is 2.11. The van der Waals surface area contributed by atoms with Crippen LogP contribution in [0, 0.1) is 0 Å². The minimum absolute atomic E-state index is 0.0640. The Morgan fingerprint density at radius 1 is 1.13 bits per heavy atom. The fourth-order valence-electron chi connectivity index (χ4n) is 1.96. The van der Waals surface area contributed by atoms with Crippen molar-refractivity contribution in [2.24, 2.45) is 0 Å². The third kappa shape index (κ3) is 3.97. The summed E-state index contributed by atoms with van der Waals surface area (Å²) < 4.78 is 10.2. The van der Waals surface area contributed by atoms with Crippen LogP contribution in [0.4, 0.5) is 0 Å². The number of thioether (sulfide) groups is 1. The van der Waals surface area contributed by atoms with Gasteiger partial charge in [-0.25, -0.2) is 4.98 Å². The predicted octanol–water partition coefficient (Wildman–Crippen LogP) is 4.19. The van der Waals surface area contributed by atoms with Gasteiger partial charge in [0.05, 0.1) is 12.9 Å². The molecule has 1 aromatic heterocycles. The zero-order valence-corrected chi connectivity index (χ0v) is 14.1. The second-order valence-electron chi connectivity index (χ2n) is 4.69. The van der Waals surface area contributed by atoms with Gasteiger partial charge >= 0.3 is 0 Å². The van der Waals surface area contributed by atoms with Gasteiger partial charge in [-0.1, -0.05) is 42.1 Å². The molecular weight excluding hydrogens is 328 g/mol. The van der Waals surface area contributed by atoms with Crippen molar-refractivity contribution in [3.8, 4) is 17.1 Å². The van der Waals surface area contributed by atoms with E-state index in [1.54, 1.807) is 31.4 Å². The van der Waals surface area contributed by atoms with E-state index in [0.29, 0.717) is 17.1 Å². The monoisotopic (exact) mass is 342 g/mol. The molecule has 0 fully saturated rings. The molecule has 0 unspecified atom stereocenters. The van der Waals surface area contributed by atoms with Crippen LogP contribution in [-0.2, 0) is 0 Å². The molecule has 2 aromatic carbocycles. The fraction of sp³-hybridized carbons (Fsp3) is 0.118. The van der Waals surface area contributed by atoms with Gasteiger partial charge in [0.25, 0.3) is 0 Å². The number of carbonyl (C=O) groups excluding carboxylic acids is 1. The van der Waals surface area contributed by atoms with Crippen molar-refractivity contribution < 1.29 is 9.53 Å². The van der Waals surface area contributed by atoms with Gasteiger partial charge in [-0.2, -0.15) is 4.37 Å². The molecule has 1 heterocycles. The summed E-state index contributed by atoms with van der Waals surface area (Å²) in [6.07, 6.45) is 0. The highest BCUT2D eigenvalue weighted by molar-refractivity contribution is 8.01. The minimum Gasteiger partial charge on any atom is -0.497 e. The first-order valence-electron chi connectivity index (χ1n) is 6.95. The SMILES string of the molecule is COc1ccc(C(=O)CSc2nc(-c3ccccc3)ns2)cc1. The number of benzene rings is 2. The van der Waals surface area contributed by atoms with Gasteiger partial charge in [0, 0.05) is 11.1 Å². The smallest absolute Gasteiger partial charge is 0.174 e. The van der Waals surface area contributed by atoms with Crippen LogP contribution < -0.4 is 4.74 Å². The van der Waals surface area contributed by atoms with Crippen molar-refractivity contribution in [3.05, 3.63) is 60.2 Å². The van der Waals surface area contributed by atoms with E-state index in [1.165, 1.54) is 23.3 Å². The lowest BCUT2D eigenvalue weighted by molar-refractivity contribution is 0.102. The first-order valence-corrected chi connectivity index (χ1v) is 8.71. The van der Waals surface area contributed by atoms with Crippen LogP contribution in [0.5, 0.6) is 5.75 Å².